The van der Waals surface area contributed by atoms with E-state index in [1.807, 2.05) is 30.9 Å². The minimum absolute atomic E-state index is 0.0493. The van der Waals surface area contributed by atoms with Gasteiger partial charge in [-0.3, -0.25) is 9.59 Å². The number of rotatable bonds is 5. The van der Waals surface area contributed by atoms with Crippen molar-refractivity contribution in [3.05, 3.63) is 29.3 Å². The van der Waals surface area contributed by atoms with E-state index in [2.05, 4.69) is 25.2 Å². The van der Waals surface area contributed by atoms with Gasteiger partial charge in [0.15, 0.2) is 0 Å². The van der Waals surface area contributed by atoms with Crippen LogP contribution < -0.4 is 5.32 Å². The topological polar surface area (TPSA) is 49.4 Å². The number of amides is 2. The Labute approximate surface area is 132 Å². The van der Waals surface area contributed by atoms with Crippen LogP contribution in [0.3, 0.4) is 0 Å². The molecule has 1 aliphatic rings. The van der Waals surface area contributed by atoms with Gasteiger partial charge in [0.1, 0.15) is 0 Å². The molecule has 2 amide bonds. The molecule has 2 rings (SSSR count). The van der Waals surface area contributed by atoms with Gasteiger partial charge in [0.2, 0.25) is 11.8 Å². The van der Waals surface area contributed by atoms with Gasteiger partial charge >= 0.3 is 0 Å². The second-order valence-electron chi connectivity index (χ2n) is 6.28. The molecule has 0 aliphatic carbocycles. The highest BCUT2D eigenvalue weighted by molar-refractivity contribution is 5.97. The normalized spacial score (nSPS) is 18.1. The van der Waals surface area contributed by atoms with Crippen LogP contribution in [0, 0.1) is 19.8 Å². The third-order valence-electron chi connectivity index (χ3n) is 4.40. The Hall–Kier alpha value is -1.84. The number of benzene rings is 1. The van der Waals surface area contributed by atoms with Gasteiger partial charge in [-0.05, 0) is 49.9 Å². The Bertz CT molecular complexity index is 544. The molecule has 120 valence electrons. The molecule has 22 heavy (non-hydrogen) atoms. The molecule has 1 aromatic carbocycles. The van der Waals surface area contributed by atoms with Gasteiger partial charge in [0, 0.05) is 24.7 Å². The maximum atomic E-state index is 12.4. The molecule has 0 aromatic heterocycles. The molecule has 0 saturated carbocycles. The smallest absolute Gasteiger partial charge is 0.229 e. The van der Waals surface area contributed by atoms with E-state index in [-0.39, 0.29) is 23.8 Å². The Morgan fingerprint density at radius 2 is 1.82 bits per heavy atom. The van der Waals surface area contributed by atoms with E-state index in [0.29, 0.717) is 13.0 Å². The molecule has 1 heterocycles. The number of hydrogen-bond donors (Lipinski definition) is 1. The third-order valence-corrected chi connectivity index (χ3v) is 4.40. The first-order chi connectivity index (χ1) is 10.4. The lowest BCUT2D eigenvalue weighted by Crippen LogP contribution is -2.36. The Kier molecular flexibility index (Phi) is 5.22. The third kappa shape index (κ3) is 3.67. The van der Waals surface area contributed by atoms with Crippen LogP contribution in [0.5, 0.6) is 0 Å². The van der Waals surface area contributed by atoms with Gasteiger partial charge in [-0.15, -0.1) is 0 Å². The van der Waals surface area contributed by atoms with Crippen LogP contribution in [-0.2, 0) is 9.59 Å². The molecule has 1 unspecified atom stereocenters. The zero-order chi connectivity index (χ0) is 16.3. The zero-order valence-electron chi connectivity index (χ0n) is 14.0. The highest BCUT2D eigenvalue weighted by atomic mass is 16.2. The molecule has 1 aliphatic heterocycles. The molecule has 0 radical (unpaired) electrons. The van der Waals surface area contributed by atoms with E-state index in [1.54, 1.807) is 0 Å². The van der Waals surface area contributed by atoms with Gasteiger partial charge in [0.05, 0.1) is 5.92 Å². The molecule has 1 aromatic rings. The molecular formula is C18H26N2O2. The second kappa shape index (κ2) is 6.95. The van der Waals surface area contributed by atoms with E-state index in [9.17, 15) is 9.59 Å². The molecular weight excluding hydrogens is 276 g/mol. The molecule has 0 spiro atoms. The molecule has 1 atom stereocenters. The summed E-state index contributed by atoms with van der Waals surface area (Å²) in [4.78, 5) is 26.5. The first kappa shape index (κ1) is 16.5. The summed E-state index contributed by atoms with van der Waals surface area (Å²) in [5, 5.41) is 2.96. The highest BCUT2D eigenvalue weighted by Crippen LogP contribution is 2.24. The molecule has 1 N–H and O–H groups in total. The Balaban J connectivity index is 2.03. The van der Waals surface area contributed by atoms with Crippen LogP contribution in [-0.4, -0.2) is 29.3 Å². The lowest BCUT2D eigenvalue weighted by atomic mass is 10.1. The van der Waals surface area contributed by atoms with Crippen molar-refractivity contribution >= 4 is 17.5 Å². The largest absolute Gasteiger partial charge is 0.339 e. The summed E-state index contributed by atoms with van der Waals surface area (Å²) in [6, 6.07) is 6.25. The van der Waals surface area contributed by atoms with Gasteiger partial charge in [0.25, 0.3) is 0 Å². The number of anilines is 1. The van der Waals surface area contributed by atoms with Crippen LogP contribution in [0.4, 0.5) is 5.69 Å². The number of carbonyl (C=O) groups is 2. The highest BCUT2D eigenvalue weighted by Gasteiger charge is 2.36. The van der Waals surface area contributed by atoms with Crippen molar-refractivity contribution < 1.29 is 9.59 Å². The Morgan fingerprint density at radius 1 is 1.23 bits per heavy atom. The van der Waals surface area contributed by atoms with Crippen molar-refractivity contribution in [1.29, 1.82) is 0 Å². The molecule has 4 heteroatoms. The quantitative estimate of drug-likeness (QED) is 0.907. The monoisotopic (exact) mass is 302 g/mol. The number of nitrogens with one attached hydrogen (secondary N) is 1. The summed E-state index contributed by atoms with van der Waals surface area (Å²) in [5.41, 5.74) is 3.06. The fourth-order valence-electron chi connectivity index (χ4n) is 3.28. The van der Waals surface area contributed by atoms with Crippen molar-refractivity contribution in [1.82, 2.24) is 4.90 Å². The molecule has 1 fully saturated rings. The van der Waals surface area contributed by atoms with Crippen molar-refractivity contribution in [2.75, 3.05) is 11.9 Å². The average molecular weight is 302 g/mol. The van der Waals surface area contributed by atoms with Crippen molar-refractivity contribution in [2.24, 2.45) is 5.92 Å². The van der Waals surface area contributed by atoms with Crippen LogP contribution in [0.25, 0.3) is 0 Å². The Morgan fingerprint density at radius 3 is 2.36 bits per heavy atom. The summed E-state index contributed by atoms with van der Waals surface area (Å²) in [7, 11) is 0. The van der Waals surface area contributed by atoms with Gasteiger partial charge in [-0.1, -0.05) is 19.9 Å². The number of likely N-dealkylation sites (tertiary alicyclic amines) is 1. The van der Waals surface area contributed by atoms with Gasteiger partial charge in [-0.2, -0.15) is 0 Å². The second-order valence-corrected chi connectivity index (χ2v) is 6.28. The maximum absolute atomic E-state index is 12.4. The minimum atomic E-state index is -0.242. The first-order valence-electron chi connectivity index (χ1n) is 8.13. The lowest BCUT2D eigenvalue weighted by molar-refractivity contribution is -0.130. The van der Waals surface area contributed by atoms with Crippen molar-refractivity contribution in [3.63, 3.8) is 0 Å². The predicted molar refractivity (Wildman–Crippen MR) is 88.7 cm³/mol. The fourth-order valence-corrected chi connectivity index (χ4v) is 3.28. The van der Waals surface area contributed by atoms with Crippen molar-refractivity contribution in [2.45, 2.75) is 53.0 Å². The average Bonchev–Trinajstić information content (AvgIpc) is 2.81. The van der Waals surface area contributed by atoms with Crippen LogP contribution >= 0.6 is 0 Å². The number of hydrogen-bond acceptors (Lipinski definition) is 2. The first-order valence-corrected chi connectivity index (χ1v) is 8.13. The van der Waals surface area contributed by atoms with E-state index < -0.39 is 0 Å². The molecule has 0 bridgehead atoms. The van der Waals surface area contributed by atoms with Gasteiger partial charge < -0.3 is 10.2 Å². The SMILES string of the molecule is CCC(CC)N1CC(C(=O)Nc2cc(C)cc(C)c2)CC1=O. The van der Waals surface area contributed by atoms with E-state index in [1.165, 1.54) is 0 Å². The molecule has 4 nitrogen and oxygen atoms in total. The summed E-state index contributed by atoms with van der Waals surface area (Å²) < 4.78 is 0. The lowest BCUT2D eigenvalue weighted by Gasteiger charge is -2.26. The zero-order valence-corrected chi connectivity index (χ0v) is 14.0. The predicted octanol–water partition coefficient (Wildman–Crippen LogP) is 3.28. The van der Waals surface area contributed by atoms with Gasteiger partial charge in [-0.25, -0.2) is 0 Å². The fraction of sp³-hybridized carbons (Fsp3) is 0.556. The maximum Gasteiger partial charge on any atom is 0.229 e. The molecule has 1 saturated heterocycles. The number of nitrogens with zero attached hydrogens (tertiary/aromatic N) is 1. The summed E-state index contributed by atoms with van der Waals surface area (Å²) in [6.07, 6.45) is 2.20. The number of aryl methyl sites for hydroxylation is 2. The van der Waals surface area contributed by atoms with E-state index in [0.717, 1.165) is 29.7 Å². The summed E-state index contributed by atoms with van der Waals surface area (Å²) in [6.45, 7) is 8.74. The van der Waals surface area contributed by atoms with Crippen LogP contribution in [0.15, 0.2) is 18.2 Å². The van der Waals surface area contributed by atoms with E-state index >= 15 is 0 Å². The van der Waals surface area contributed by atoms with E-state index in [4.69, 9.17) is 0 Å². The standard InChI is InChI=1S/C18H26N2O2/c1-5-16(6-2)20-11-14(10-17(20)21)18(22)19-15-8-12(3)7-13(4)9-15/h7-9,14,16H,5-6,10-11H2,1-4H3,(H,19,22). The summed E-state index contributed by atoms with van der Waals surface area (Å²) in [5.74, 6) is -0.185. The van der Waals surface area contributed by atoms with Crippen LogP contribution in [0.1, 0.15) is 44.2 Å². The minimum Gasteiger partial charge on any atom is -0.339 e. The van der Waals surface area contributed by atoms with Crippen LogP contribution in [0.2, 0.25) is 0 Å². The summed E-state index contributed by atoms with van der Waals surface area (Å²) >= 11 is 0. The van der Waals surface area contributed by atoms with Crippen molar-refractivity contribution in [3.8, 4) is 0 Å². The number of carbonyl (C=O) groups excluding carboxylic acids is 2.